The number of nitrogens with one attached hydrogen (secondary N) is 1. The molecule has 7 heteroatoms. The monoisotopic (exact) mass is 422 g/mol. The van der Waals surface area contributed by atoms with Crippen LogP contribution in [0.15, 0.2) is 47.4 Å². The van der Waals surface area contributed by atoms with Crippen LogP contribution in [0.5, 0.6) is 0 Å². The molecule has 0 heterocycles. The minimum Gasteiger partial charge on any atom is -0.352 e. The molecule has 1 amide bonds. The van der Waals surface area contributed by atoms with Gasteiger partial charge in [-0.25, -0.2) is 8.42 Å². The zero-order chi connectivity index (χ0) is 21.1. The Labute approximate surface area is 172 Å². The summed E-state index contributed by atoms with van der Waals surface area (Å²) in [4.78, 5) is 12.7. The molecule has 0 aliphatic carbocycles. The SMILES string of the molecule is Cc1ccc(S(=O)(=O)N(CC(=O)N[C@@H](C)C(C)C)c2ccc(C)c(Cl)c2)cc1. The minimum absolute atomic E-state index is 0.0713. The van der Waals surface area contributed by atoms with E-state index in [1.165, 1.54) is 0 Å². The third-order valence-electron chi connectivity index (χ3n) is 4.73. The smallest absolute Gasteiger partial charge is 0.264 e. The van der Waals surface area contributed by atoms with Gasteiger partial charge in [0.1, 0.15) is 6.54 Å². The van der Waals surface area contributed by atoms with E-state index in [2.05, 4.69) is 5.32 Å². The number of anilines is 1. The standard InChI is InChI=1S/C21H27ClN2O3S/c1-14(2)17(5)23-21(25)13-24(18-9-8-16(4)20(22)12-18)28(26,27)19-10-6-15(3)7-11-19/h6-12,14,17H,13H2,1-5H3,(H,23,25)/t17-/m0/s1. The normalized spacial score (nSPS) is 12.7. The van der Waals surface area contributed by atoms with Crippen molar-refractivity contribution in [2.45, 2.75) is 45.6 Å². The fourth-order valence-corrected chi connectivity index (χ4v) is 4.07. The van der Waals surface area contributed by atoms with E-state index >= 15 is 0 Å². The molecule has 0 saturated heterocycles. The molecule has 2 aromatic carbocycles. The lowest BCUT2D eigenvalue weighted by Gasteiger charge is -2.26. The first kappa shape index (κ1) is 22.2. The number of carbonyl (C=O) groups is 1. The summed E-state index contributed by atoms with van der Waals surface area (Å²) < 4.78 is 27.7. The summed E-state index contributed by atoms with van der Waals surface area (Å²) in [5, 5.41) is 3.30. The summed E-state index contributed by atoms with van der Waals surface area (Å²) in [5.41, 5.74) is 2.13. The number of hydrogen-bond acceptors (Lipinski definition) is 3. The zero-order valence-electron chi connectivity index (χ0n) is 16.9. The van der Waals surface area contributed by atoms with Crippen LogP contribution in [-0.4, -0.2) is 26.9 Å². The molecule has 0 fully saturated rings. The van der Waals surface area contributed by atoms with Gasteiger partial charge in [0.2, 0.25) is 5.91 Å². The Bertz CT molecular complexity index is 941. The van der Waals surface area contributed by atoms with Crippen molar-refractivity contribution < 1.29 is 13.2 Å². The molecular formula is C21H27ClN2O3S. The molecule has 0 aromatic heterocycles. The highest BCUT2D eigenvalue weighted by Crippen LogP contribution is 2.28. The maximum absolute atomic E-state index is 13.3. The van der Waals surface area contributed by atoms with Crippen LogP contribution < -0.4 is 9.62 Å². The van der Waals surface area contributed by atoms with Crippen LogP contribution in [0, 0.1) is 19.8 Å². The molecule has 1 N–H and O–H groups in total. The van der Waals surface area contributed by atoms with Crippen LogP contribution in [0.25, 0.3) is 0 Å². The first-order chi connectivity index (χ1) is 13.0. The van der Waals surface area contributed by atoms with Crippen LogP contribution in [0.1, 0.15) is 31.9 Å². The predicted molar refractivity (Wildman–Crippen MR) is 114 cm³/mol. The van der Waals surface area contributed by atoms with E-state index in [-0.39, 0.29) is 29.3 Å². The summed E-state index contributed by atoms with van der Waals surface area (Å²) >= 11 is 6.22. The first-order valence-corrected chi connectivity index (χ1v) is 11.0. The Morgan fingerprint density at radius 3 is 2.21 bits per heavy atom. The molecule has 0 radical (unpaired) electrons. The number of hydrogen-bond donors (Lipinski definition) is 1. The van der Waals surface area contributed by atoms with Crippen molar-refractivity contribution in [2.75, 3.05) is 10.8 Å². The van der Waals surface area contributed by atoms with Crippen molar-refractivity contribution in [3.63, 3.8) is 0 Å². The molecule has 2 aromatic rings. The van der Waals surface area contributed by atoms with Gasteiger partial charge < -0.3 is 5.32 Å². The number of benzene rings is 2. The summed E-state index contributed by atoms with van der Waals surface area (Å²) in [6.07, 6.45) is 0. The number of rotatable bonds is 7. The van der Waals surface area contributed by atoms with E-state index in [9.17, 15) is 13.2 Å². The molecule has 0 spiro atoms. The van der Waals surface area contributed by atoms with Crippen molar-refractivity contribution >= 4 is 33.2 Å². The molecule has 1 atom stereocenters. The second kappa shape index (κ2) is 8.97. The van der Waals surface area contributed by atoms with Gasteiger partial charge in [0.05, 0.1) is 10.6 Å². The van der Waals surface area contributed by atoms with Gasteiger partial charge in [0.15, 0.2) is 0 Å². The molecule has 2 rings (SSSR count). The predicted octanol–water partition coefficient (Wildman–Crippen LogP) is 4.31. The highest BCUT2D eigenvalue weighted by atomic mass is 35.5. The Morgan fingerprint density at radius 2 is 1.68 bits per heavy atom. The van der Waals surface area contributed by atoms with Crippen molar-refractivity contribution in [1.29, 1.82) is 0 Å². The lowest BCUT2D eigenvalue weighted by molar-refractivity contribution is -0.120. The maximum atomic E-state index is 13.3. The van der Waals surface area contributed by atoms with E-state index in [1.54, 1.807) is 42.5 Å². The van der Waals surface area contributed by atoms with Crippen LogP contribution >= 0.6 is 11.6 Å². The van der Waals surface area contributed by atoms with Gasteiger partial charge in [-0.05, 0) is 56.5 Å². The third kappa shape index (κ3) is 5.26. The van der Waals surface area contributed by atoms with Crippen molar-refractivity contribution in [1.82, 2.24) is 5.32 Å². The minimum atomic E-state index is -3.94. The van der Waals surface area contributed by atoms with Gasteiger partial charge >= 0.3 is 0 Å². The average molecular weight is 423 g/mol. The van der Waals surface area contributed by atoms with E-state index in [1.807, 2.05) is 34.6 Å². The number of nitrogens with zero attached hydrogens (tertiary/aromatic N) is 1. The average Bonchev–Trinajstić information content (AvgIpc) is 2.62. The summed E-state index contributed by atoms with van der Waals surface area (Å²) in [6, 6.07) is 11.4. The van der Waals surface area contributed by atoms with Crippen molar-refractivity contribution in [3.8, 4) is 0 Å². The van der Waals surface area contributed by atoms with Gasteiger partial charge in [-0.1, -0.05) is 49.2 Å². The molecule has 5 nitrogen and oxygen atoms in total. The molecule has 0 bridgehead atoms. The van der Waals surface area contributed by atoms with Crippen molar-refractivity contribution in [3.05, 3.63) is 58.6 Å². The van der Waals surface area contributed by atoms with Gasteiger partial charge in [0, 0.05) is 11.1 Å². The molecule has 0 aliphatic rings. The lowest BCUT2D eigenvalue weighted by atomic mass is 10.1. The molecule has 0 unspecified atom stereocenters. The zero-order valence-corrected chi connectivity index (χ0v) is 18.4. The van der Waals surface area contributed by atoms with E-state index in [4.69, 9.17) is 11.6 Å². The summed E-state index contributed by atoms with van der Waals surface area (Å²) in [7, 11) is -3.94. The lowest BCUT2D eigenvalue weighted by Crippen LogP contribution is -2.45. The maximum Gasteiger partial charge on any atom is 0.264 e. The van der Waals surface area contributed by atoms with Crippen LogP contribution in [0.2, 0.25) is 5.02 Å². The Balaban J connectivity index is 2.44. The quantitative estimate of drug-likeness (QED) is 0.722. The van der Waals surface area contributed by atoms with E-state index < -0.39 is 10.0 Å². The van der Waals surface area contributed by atoms with E-state index in [0.717, 1.165) is 15.4 Å². The van der Waals surface area contributed by atoms with Crippen LogP contribution in [0.4, 0.5) is 5.69 Å². The largest absolute Gasteiger partial charge is 0.352 e. The molecule has 0 saturated carbocycles. The number of amides is 1. The molecular weight excluding hydrogens is 396 g/mol. The number of carbonyl (C=O) groups excluding carboxylic acids is 1. The highest BCUT2D eigenvalue weighted by molar-refractivity contribution is 7.92. The molecule has 0 aliphatic heterocycles. The second-order valence-electron chi connectivity index (χ2n) is 7.36. The van der Waals surface area contributed by atoms with Gasteiger partial charge in [0.25, 0.3) is 10.0 Å². The van der Waals surface area contributed by atoms with Gasteiger partial charge in [-0.15, -0.1) is 0 Å². The fourth-order valence-electron chi connectivity index (χ4n) is 2.49. The van der Waals surface area contributed by atoms with Crippen LogP contribution in [-0.2, 0) is 14.8 Å². The summed E-state index contributed by atoms with van der Waals surface area (Å²) in [5.74, 6) is -0.131. The van der Waals surface area contributed by atoms with E-state index in [0.29, 0.717) is 10.7 Å². The molecule has 28 heavy (non-hydrogen) atoms. The Morgan fingerprint density at radius 1 is 1.07 bits per heavy atom. The topological polar surface area (TPSA) is 66.5 Å². The third-order valence-corrected chi connectivity index (χ3v) is 6.92. The molecule has 152 valence electrons. The Hall–Kier alpha value is -2.05. The Kier molecular flexibility index (Phi) is 7.12. The fraction of sp³-hybridized carbons (Fsp3) is 0.381. The number of sulfonamides is 1. The number of aryl methyl sites for hydroxylation is 2. The van der Waals surface area contributed by atoms with Crippen molar-refractivity contribution in [2.24, 2.45) is 5.92 Å². The first-order valence-electron chi connectivity index (χ1n) is 9.17. The highest BCUT2D eigenvalue weighted by Gasteiger charge is 2.28. The summed E-state index contributed by atoms with van der Waals surface area (Å²) in [6.45, 7) is 9.27. The van der Waals surface area contributed by atoms with Gasteiger partial charge in [-0.3, -0.25) is 9.10 Å². The van der Waals surface area contributed by atoms with Gasteiger partial charge in [-0.2, -0.15) is 0 Å². The van der Waals surface area contributed by atoms with Crippen LogP contribution in [0.3, 0.4) is 0 Å². The number of halogens is 1. The second-order valence-corrected chi connectivity index (χ2v) is 9.63.